The van der Waals surface area contributed by atoms with Gasteiger partial charge < -0.3 is 15.3 Å². The molecule has 0 bridgehead atoms. The van der Waals surface area contributed by atoms with Crippen molar-refractivity contribution in [1.82, 2.24) is 0 Å². The van der Waals surface area contributed by atoms with Gasteiger partial charge in [-0.15, -0.1) is 0 Å². The maximum atomic E-state index is 12.1. The maximum absolute atomic E-state index is 12.1. The fourth-order valence-electron chi connectivity index (χ4n) is 3.27. The van der Waals surface area contributed by atoms with Crippen LogP contribution in [0.4, 0.5) is 0 Å². The van der Waals surface area contributed by atoms with E-state index in [1.54, 1.807) is 12.2 Å². The minimum atomic E-state index is -0.798. The van der Waals surface area contributed by atoms with E-state index in [4.69, 9.17) is 5.11 Å². The van der Waals surface area contributed by atoms with E-state index in [2.05, 4.69) is 6.92 Å². The number of rotatable bonds is 12. The summed E-state index contributed by atoms with van der Waals surface area (Å²) >= 11 is 0. The third kappa shape index (κ3) is 8.45. The van der Waals surface area contributed by atoms with Gasteiger partial charge in [-0.3, -0.25) is 9.59 Å². The average Bonchev–Trinajstić information content (AvgIpc) is 2.82. The molecule has 25 heavy (non-hydrogen) atoms. The Morgan fingerprint density at radius 2 is 2.04 bits per heavy atom. The smallest absolute Gasteiger partial charge is 0.303 e. The number of Topliss-reactive ketones (excluding diaryl/α,β-unsaturated/α-hetero) is 1. The molecule has 0 radical (unpaired) electrons. The molecule has 0 unspecified atom stereocenters. The van der Waals surface area contributed by atoms with Crippen molar-refractivity contribution < 1.29 is 24.9 Å². The van der Waals surface area contributed by atoms with E-state index in [1.807, 2.05) is 12.2 Å². The van der Waals surface area contributed by atoms with Gasteiger partial charge in [0, 0.05) is 18.8 Å². The minimum absolute atomic E-state index is 0.0333. The second kappa shape index (κ2) is 12.0. The normalized spacial score (nSPS) is 25.2. The molecule has 1 aliphatic rings. The zero-order valence-corrected chi connectivity index (χ0v) is 15.1. The summed E-state index contributed by atoms with van der Waals surface area (Å²) in [6.07, 6.45) is 12.0. The second-order valence-corrected chi connectivity index (χ2v) is 6.87. The summed E-state index contributed by atoms with van der Waals surface area (Å²) in [5, 5.41) is 28.6. The zero-order chi connectivity index (χ0) is 18.7. The van der Waals surface area contributed by atoms with Crippen LogP contribution >= 0.6 is 0 Å². The predicted octanol–water partition coefficient (Wildman–Crippen LogP) is 3.25. The Labute approximate surface area is 150 Å². The Kier molecular flexibility index (Phi) is 10.3. The molecule has 1 aliphatic carbocycles. The number of carbonyl (C=O) groups is 2. The Hall–Kier alpha value is -1.46. The van der Waals surface area contributed by atoms with Gasteiger partial charge in [-0.25, -0.2) is 0 Å². The highest BCUT2D eigenvalue weighted by molar-refractivity contribution is 5.85. The molecule has 142 valence electrons. The van der Waals surface area contributed by atoms with Crippen LogP contribution in [0.15, 0.2) is 24.3 Å². The fraction of sp³-hybridized carbons (Fsp3) is 0.700. The van der Waals surface area contributed by atoms with Crippen molar-refractivity contribution in [2.24, 2.45) is 11.8 Å². The highest BCUT2D eigenvalue weighted by Gasteiger charge is 2.39. The first-order valence-electron chi connectivity index (χ1n) is 9.39. The van der Waals surface area contributed by atoms with Gasteiger partial charge in [-0.1, -0.05) is 50.5 Å². The van der Waals surface area contributed by atoms with Crippen molar-refractivity contribution in [2.45, 2.75) is 76.9 Å². The van der Waals surface area contributed by atoms with Gasteiger partial charge in [0.15, 0.2) is 0 Å². The first-order chi connectivity index (χ1) is 12.0. The quantitative estimate of drug-likeness (QED) is 0.370. The number of aliphatic hydroxyl groups is 2. The van der Waals surface area contributed by atoms with Crippen LogP contribution in [0.5, 0.6) is 0 Å². The number of hydrogen-bond acceptors (Lipinski definition) is 4. The molecule has 5 nitrogen and oxygen atoms in total. The van der Waals surface area contributed by atoms with E-state index in [-0.39, 0.29) is 30.5 Å². The molecule has 0 heterocycles. The lowest BCUT2D eigenvalue weighted by Gasteiger charge is -2.18. The van der Waals surface area contributed by atoms with Crippen LogP contribution in [0.3, 0.4) is 0 Å². The average molecular weight is 352 g/mol. The molecule has 4 atom stereocenters. The standard InChI is InChI=1S/C20H32O5/c1-2-3-6-10-16-17(19(23)14-18(16)22)13-12-15(21)9-7-4-5-8-11-20(24)25/h4,7,12-13,15-18,21-22H,2-3,5-6,8-11,14H2,1H3,(H,24,25)/b7-4-,13-12+/t15-,16+,17-,18-/m0/s1. The number of carboxylic acids is 1. The van der Waals surface area contributed by atoms with E-state index < -0.39 is 18.2 Å². The molecule has 0 aliphatic heterocycles. The van der Waals surface area contributed by atoms with E-state index in [1.165, 1.54) is 0 Å². The largest absolute Gasteiger partial charge is 0.481 e. The molecule has 5 heteroatoms. The van der Waals surface area contributed by atoms with Crippen LogP contribution in [-0.4, -0.2) is 39.3 Å². The van der Waals surface area contributed by atoms with E-state index in [0.29, 0.717) is 19.3 Å². The summed E-state index contributed by atoms with van der Waals surface area (Å²) in [7, 11) is 0. The lowest BCUT2D eigenvalue weighted by atomic mass is 9.88. The third-order valence-electron chi connectivity index (χ3n) is 4.72. The van der Waals surface area contributed by atoms with E-state index >= 15 is 0 Å². The number of carboxylic acid groups (broad SMARTS) is 1. The molecule has 0 aromatic rings. The molecular formula is C20H32O5. The first kappa shape index (κ1) is 21.6. The number of carbonyl (C=O) groups excluding carboxylic acids is 1. The summed E-state index contributed by atoms with van der Waals surface area (Å²) in [6.45, 7) is 2.12. The third-order valence-corrected chi connectivity index (χ3v) is 4.72. The maximum Gasteiger partial charge on any atom is 0.303 e. The zero-order valence-electron chi connectivity index (χ0n) is 15.1. The molecule has 1 rings (SSSR count). The molecule has 1 fully saturated rings. The Morgan fingerprint density at radius 3 is 2.72 bits per heavy atom. The summed E-state index contributed by atoms with van der Waals surface area (Å²) in [5.41, 5.74) is 0. The van der Waals surface area contributed by atoms with Gasteiger partial charge >= 0.3 is 5.97 Å². The lowest BCUT2D eigenvalue weighted by Crippen LogP contribution is -2.19. The highest BCUT2D eigenvalue weighted by atomic mass is 16.4. The van der Waals surface area contributed by atoms with Crippen molar-refractivity contribution in [3.8, 4) is 0 Å². The Balaban J connectivity index is 2.41. The molecule has 1 saturated carbocycles. The van der Waals surface area contributed by atoms with Gasteiger partial charge in [0.05, 0.1) is 12.2 Å². The molecule has 0 aromatic carbocycles. The van der Waals surface area contributed by atoms with Gasteiger partial charge in [0.2, 0.25) is 0 Å². The van der Waals surface area contributed by atoms with Crippen LogP contribution in [0, 0.1) is 11.8 Å². The SMILES string of the molecule is CCCCC[C@@H]1[C@H](/C=C/[C@@H](O)C/C=C\CCCC(=O)O)C(=O)C[C@@H]1O. The Bertz CT molecular complexity index is 469. The van der Waals surface area contributed by atoms with Crippen LogP contribution < -0.4 is 0 Å². The van der Waals surface area contributed by atoms with Gasteiger partial charge in [0.25, 0.3) is 0 Å². The first-order valence-corrected chi connectivity index (χ1v) is 9.39. The molecule has 0 saturated heterocycles. The number of unbranched alkanes of at least 4 members (excludes halogenated alkanes) is 3. The van der Waals surface area contributed by atoms with Crippen LogP contribution in [0.2, 0.25) is 0 Å². The molecular weight excluding hydrogens is 320 g/mol. The number of aliphatic carboxylic acids is 1. The highest BCUT2D eigenvalue weighted by Crippen LogP contribution is 2.34. The summed E-state index contributed by atoms with van der Waals surface area (Å²) < 4.78 is 0. The van der Waals surface area contributed by atoms with Crippen molar-refractivity contribution in [1.29, 1.82) is 0 Å². The molecule has 0 spiro atoms. The van der Waals surface area contributed by atoms with Crippen molar-refractivity contribution in [2.75, 3.05) is 0 Å². The second-order valence-electron chi connectivity index (χ2n) is 6.87. The number of allylic oxidation sites excluding steroid dienone is 2. The van der Waals surface area contributed by atoms with Gasteiger partial charge in [-0.2, -0.15) is 0 Å². The monoisotopic (exact) mass is 352 g/mol. The summed E-state index contributed by atoms with van der Waals surface area (Å²) in [6, 6.07) is 0. The summed E-state index contributed by atoms with van der Waals surface area (Å²) in [4.78, 5) is 22.5. The van der Waals surface area contributed by atoms with Crippen molar-refractivity contribution in [3.05, 3.63) is 24.3 Å². The number of ketones is 1. The topological polar surface area (TPSA) is 94.8 Å². The van der Waals surface area contributed by atoms with Crippen LogP contribution in [0.25, 0.3) is 0 Å². The predicted molar refractivity (Wildman–Crippen MR) is 97.1 cm³/mol. The number of hydrogen-bond donors (Lipinski definition) is 3. The molecule has 0 aromatic heterocycles. The Morgan fingerprint density at radius 1 is 1.28 bits per heavy atom. The van der Waals surface area contributed by atoms with E-state index in [0.717, 1.165) is 25.7 Å². The van der Waals surface area contributed by atoms with Crippen molar-refractivity contribution >= 4 is 11.8 Å². The van der Waals surface area contributed by atoms with Crippen LogP contribution in [0.1, 0.15) is 64.7 Å². The minimum Gasteiger partial charge on any atom is -0.481 e. The fourth-order valence-corrected chi connectivity index (χ4v) is 3.27. The van der Waals surface area contributed by atoms with E-state index in [9.17, 15) is 19.8 Å². The molecule has 0 amide bonds. The molecule has 3 N–H and O–H groups in total. The number of aliphatic hydroxyl groups excluding tert-OH is 2. The van der Waals surface area contributed by atoms with Gasteiger partial charge in [0.1, 0.15) is 5.78 Å². The summed E-state index contributed by atoms with van der Waals surface area (Å²) in [5.74, 6) is -1.06. The van der Waals surface area contributed by atoms with Gasteiger partial charge in [-0.05, 0) is 31.6 Å². The van der Waals surface area contributed by atoms with Crippen LogP contribution in [-0.2, 0) is 9.59 Å². The lowest BCUT2D eigenvalue weighted by molar-refractivity contribution is -0.137. The van der Waals surface area contributed by atoms with Crippen molar-refractivity contribution in [3.63, 3.8) is 0 Å².